The largest absolute Gasteiger partial charge is 0.307 e. The Morgan fingerprint density at radius 3 is 2.74 bits per heavy atom. The molecule has 0 fully saturated rings. The fraction of sp³-hybridized carbons (Fsp3) is 0.286. The van der Waals surface area contributed by atoms with E-state index in [2.05, 4.69) is 15.3 Å². The average molecular weight is 280 g/mol. The number of rotatable bonds is 5. The molecule has 1 aromatic heterocycles. The highest BCUT2D eigenvalue weighted by molar-refractivity contribution is 6.30. The third-order valence-corrected chi connectivity index (χ3v) is 3.01. The van der Waals surface area contributed by atoms with Gasteiger partial charge in [-0.3, -0.25) is 0 Å². The number of hydrogen-bond donors (Lipinski definition) is 1. The van der Waals surface area contributed by atoms with Crippen LogP contribution < -0.4 is 5.32 Å². The molecule has 3 nitrogen and oxygen atoms in total. The Hall–Kier alpha value is -1.52. The Kier molecular flexibility index (Phi) is 4.82. The SMILES string of the molecule is CCNC(Cc1cc(Cl)ccc1F)c1ncccn1. The summed E-state index contributed by atoms with van der Waals surface area (Å²) in [6.07, 6.45) is 3.83. The summed E-state index contributed by atoms with van der Waals surface area (Å²) in [5.74, 6) is 0.395. The smallest absolute Gasteiger partial charge is 0.145 e. The lowest BCUT2D eigenvalue weighted by Gasteiger charge is -2.16. The summed E-state index contributed by atoms with van der Waals surface area (Å²) in [4.78, 5) is 8.43. The van der Waals surface area contributed by atoms with Crippen molar-refractivity contribution in [1.29, 1.82) is 0 Å². The maximum absolute atomic E-state index is 13.8. The number of nitrogens with one attached hydrogen (secondary N) is 1. The molecule has 0 aliphatic rings. The van der Waals surface area contributed by atoms with Crippen LogP contribution in [0.2, 0.25) is 5.02 Å². The molecule has 100 valence electrons. The van der Waals surface area contributed by atoms with Gasteiger partial charge in [0.2, 0.25) is 0 Å². The molecule has 2 rings (SSSR count). The standard InChI is InChI=1S/C14H15ClFN3/c1-2-17-13(14-18-6-3-7-19-14)9-10-8-11(15)4-5-12(10)16/h3-8,13,17H,2,9H2,1H3. The van der Waals surface area contributed by atoms with Crippen LogP contribution in [0.5, 0.6) is 0 Å². The lowest BCUT2D eigenvalue weighted by Crippen LogP contribution is -2.25. The minimum absolute atomic E-state index is 0.126. The molecule has 19 heavy (non-hydrogen) atoms. The summed E-state index contributed by atoms with van der Waals surface area (Å²) in [5, 5.41) is 3.79. The molecule has 0 saturated carbocycles. The van der Waals surface area contributed by atoms with Crippen molar-refractivity contribution in [2.24, 2.45) is 0 Å². The van der Waals surface area contributed by atoms with E-state index in [0.29, 0.717) is 22.8 Å². The number of nitrogens with zero attached hydrogens (tertiary/aromatic N) is 2. The minimum Gasteiger partial charge on any atom is -0.307 e. The van der Waals surface area contributed by atoms with Crippen molar-refractivity contribution in [3.05, 3.63) is 58.9 Å². The van der Waals surface area contributed by atoms with Gasteiger partial charge < -0.3 is 5.32 Å². The maximum Gasteiger partial charge on any atom is 0.145 e. The van der Waals surface area contributed by atoms with Gasteiger partial charge in [-0.25, -0.2) is 14.4 Å². The molecule has 0 aliphatic carbocycles. The van der Waals surface area contributed by atoms with E-state index in [-0.39, 0.29) is 11.9 Å². The first-order chi connectivity index (χ1) is 9.20. The molecular formula is C14H15ClFN3. The number of benzene rings is 1. The number of halogens is 2. The van der Waals surface area contributed by atoms with E-state index in [1.54, 1.807) is 30.6 Å². The van der Waals surface area contributed by atoms with Crippen LogP contribution >= 0.6 is 11.6 Å². The third kappa shape index (κ3) is 3.72. The molecule has 1 unspecified atom stereocenters. The van der Waals surface area contributed by atoms with Gasteiger partial charge in [0.05, 0.1) is 6.04 Å². The lowest BCUT2D eigenvalue weighted by atomic mass is 10.0. The van der Waals surface area contributed by atoms with E-state index in [9.17, 15) is 4.39 Å². The van der Waals surface area contributed by atoms with Crippen molar-refractivity contribution in [2.45, 2.75) is 19.4 Å². The highest BCUT2D eigenvalue weighted by Crippen LogP contribution is 2.20. The van der Waals surface area contributed by atoms with E-state index < -0.39 is 0 Å². The topological polar surface area (TPSA) is 37.8 Å². The van der Waals surface area contributed by atoms with E-state index in [1.807, 2.05) is 6.92 Å². The van der Waals surface area contributed by atoms with Crippen molar-refractivity contribution in [3.63, 3.8) is 0 Å². The monoisotopic (exact) mass is 279 g/mol. The van der Waals surface area contributed by atoms with Crippen molar-refractivity contribution in [2.75, 3.05) is 6.54 Å². The van der Waals surface area contributed by atoms with Gasteiger partial charge >= 0.3 is 0 Å². The molecule has 0 aliphatic heterocycles. The molecule has 0 saturated heterocycles. The summed E-state index contributed by atoms with van der Waals surface area (Å²) < 4.78 is 13.8. The van der Waals surface area contributed by atoms with Gasteiger partial charge in [-0.15, -0.1) is 0 Å². The van der Waals surface area contributed by atoms with Gasteiger partial charge in [-0.1, -0.05) is 18.5 Å². The lowest BCUT2D eigenvalue weighted by molar-refractivity contribution is 0.505. The number of hydrogen-bond acceptors (Lipinski definition) is 3. The second kappa shape index (κ2) is 6.59. The number of likely N-dealkylation sites (N-methyl/N-ethyl adjacent to an activating group) is 1. The first kappa shape index (κ1) is 13.9. The minimum atomic E-state index is -0.261. The van der Waals surface area contributed by atoms with Crippen molar-refractivity contribution >= 4 is 11.6 Å². The van der Waals surface area contributed by atoms with Crippen LogP contribution in [0.4, 0.5) is 4.39 Å². The van der Waals surface area contributed by atoms with Crippen LogP contribution in [-0.2, 0) is 6.42 Å². The van der Waals surface area contributed by atoms with E-state index in [0.717, 1.165) is 6.54 Å². The van der Waals surface area contributed by atoms with Crippen LogP contribution in [0.25, 0.3) is 0 Å². The molecule has 5 heteroatoms. The van der Waals surface area contributed by atoms with Crippen molar-refractivity contribution in [3.8, 4) is 0 Å². The van der Waals surface area contributed by atoms with Gasteiger partial charge in [0, 0.05) is 17.4 Å². The Morgan fingerprint density at radius 2 is 2.05 bits per heavy atom. The molecule has 1 aromatic carbocycles. The van der Waals surface area contributed by atoms with Gasteiger partial charge in [0.1, 0.15) is 11.6 Å². The zero-order valence-corrected chi connectivity index (χ0v) is 11.4. The van der Waals surface area contributed by atoms with Crippen LogP contribution in [0.3, 0.4) is 0 Å². The molecule has 1 atom stereocenters. The van der Waals surface area contributed by atoms with Crippen LogP contribution in [0.15, 0.2) is 36.7 Å². The van der Waals surface area contributed by atoms with Crippen LogP contribution in [-0.4, -0.2) is 16.5 Å². The van der Waals surface area contributed by atoms with Crippen LogP contribution in [0, 0.1) is 5.82 Å². The molecule has 0 spiro atoms. The Morgan fingerprint density at radius 1 is 1.32 bits per heavy atom. The molecule has 0 amide bonds. The van der Waals surface area contributed by atoms with Crippen molar-refractivity contribution < 1.29 is 4.39 Å². The Bertz CT molecular complexity index is 533. The maximum atomic E-state index is 13.8. The summed E-state index contributed by atoms with van der Waals surface area (Å²) in [7, 11) is 0. The van der Waals surface area contributed by atoms with Gasteiger partial charge in [-0.05, 0) is 42.8 Å². The molecule has 0 bridgehead atoms. The Balaban J connectivity index is 2.24. The predicted molar refractivity (Wildman–Crippen MR) is 73.6 cm³/mol. The molecule has 0 radical (unpaired) electrons. The molecular weight excluding hydrogens is 265 g/mol. The molecule has 1 heterocycles. The van der Waals surface area contributed by atoms with E-state index >= 15 is 0 Å². The van der Waals surface area contributed by atoms with E-state index in [4.69, 9.17) is 11.6 Å². The zero-order chi connectivity index (χ0) is 13.7. The molecule has 2 aromatic rings. The summed E-state index contributed by atoms with van der Waals surface area (Å²) >= 11 is 5.91. The highest BCUT2D eigenvalue weighted by atomic mass is 35.5. The second-order valence-corrected chi connectivity index (χ2v) is 4.59. The molecule has 1 N–H and O–H groups in total. The van der Waals surface area contributed by atoms with Crippen LogP contribution in [0.1, 0.15) is 24.4 Å². The quantitative estimate of drug-likeness (QED) is 0.914. The van der Waals surface area contributed by atoms with Gasteiger partial charge in [0.15, 0.2) is 0 Å². The first-order valence-electron chi connectivity index (χ1n) is 6.15. The zero-order valence-electron chi connectivity index (χ0n) is 10.6. The highest BCUT2D eigenvalue weighted by Gasteiger charge is 2.16. The number of aromatic nitrogens is 2. The summed E-state index contributed by atoms with van der Waals surface area (Å²) in [6.45, 7) is 2.75. The third-order valence-electron chi connectivity index (χ3n) is 2.78. The summed E-state index contributed by atoms with van der Waals surface area (Å²) in [6, 6.07) is 6.20. The summed E-state index contributed by atoms with van der Waals surface area (Å²) in [5.41, 5.74) is 0.561. The van der Waals surface area contributed by atoms with Gasteiger partial charge in [-0.2, -0.15) is 0 Å². The Labute approximate surface area is 116 Å². The van der Waals surface area contributed by atoms with E-state index in [1.165, 1.54) is 6.07 Å². The first-order valence-corrected chi connectivity index (χ1v) is 6.52. The fourth-order valence-electron chi connectivity index (χ4n) is 1.91. The van der Waals surface area contributed by atoms with Crippen molar-refractivity contribution in [1.82, 2.24) is 15.3 Å². The predicted octanol–water partition coefficient (Wildman–Crippen LogP) is 3.16. The van der Waals surface area contributed by atoms with Gasteiger partial charge in [0.25, 0.3) is 0 Å². The fourth-order valence-corrected chi connectivity index (χ4v) is 2.11. The normalized spacial score (nSPS) is 12.4. The average Bonchev–Trinajstić information content (AvgIpc) is 2.43. The second-order valence-electron chi connectivity index (χ2n) is 4.16.